The van der Waals surface area contributed by atoms with E-state index < -0.39 is 6.29 Å². The number of hydrogen-bond acceptors (Lipinski definition) is 2. The number of hydrogen-bond donors (Lipinski definition) is 1. The van der Waals surface area contributed by atoms with Crippen molar-refractivity contribution >= 4 is 0 Å². The molecule has 2 heteroatoms. The fourth-order valence-electron chi connectivity index (χ4n) is 2.25. The Kier molecular flexibility index (Phi) is 4.07. The molecule has 0 aromatic heterocycles. The van der Waals surface area contributed by atoms with Gasteiger partial charge < -0.3 is 9.84 Å². The molecule has 0 saturated carbocycles. The van der Waals surface area contributed by atoms with Gasteiger partial charge in [-0.05, 0) is 23.2 Å². The number of rotatable bonds is 6. The maximum atomic E-state index is 9.50. The van der Waals surface area contributed by atoms with Gasteiger partial charge in [-0.3, -0.25) is 0 Å². The summed E-state index contributed by atoms with van der Waals surface area (Å²) in [7, 11) is 0. The Morgan fingerprint density at radius 3 is 1.94 bits per heavy atom. The van der Waals surface area contributed by atoms with E-state index >= 15 is 0 Å². The Morgan fingerprint density at radius 2 is 1.62 bits per heavy atom. The highest BCUT2D eigenvalue weighted by molar-refractivity contribution is 4.94. The van der Waals surface area contributed by atoms with Crippen molar-refractivity contribution < 1.29 is 9.84 Å². The summed E-state index contributed by atoms with van der Waals surface area (Å²) in [6.07, 6.45) is 2.99. The molecule has 1 aliphatic heterocycles. The minimum atomic E-state index is -0.511. The van der Waals surface area contributed by atoms with Crippen LogP contribution in [0.3, 0.4) is 0 Å². The fraction of sp³-hybridized carbons (Fsp3) is 1.00. The monoisotopic (exact) mass is 228 g/mol. The summed E-state index contributed by atoms with van der Waals surface area (Å²) in [5.41, 5.74) is 0.581. The largest absolute Gasteiger partial charge is 0.366 e. The minimum absolute atomic E-state index is 0.0702. The first kappa shape index (κ1) is 14.0. The molecule has 3 atom stereocenters. The summed E-state index contributed by atoms with van der Waals surface area (Å²) in [4.78, 5) is 0. The maximum Gasteiger partial charge on any atom is 0.182 e. The van der Waals surface area contributed by atoms with Gasteiger partial charge in [-0.15, -0.1) is 0 Å². The molecule has 0 amide bonds. The van der Waals surface area contributed by atoms with Crippen LogP contribution in [0.5, 0.6) is 0 Å². The summed E-state index contributed by atoms with van der Waals surface area (Å²) in [6, 6.07) is 0. The molecule has 1 fully saturated rings. The van der Waals surface area contributed by atoms with E-state index in [1.165, 1.54) is 6.42 Å². The predicted molar refractivity (Wildman–Crippen MR) is 67.1 cm³/mol. The second-order valence-electron chi connectivity index (χ2n) is 6.66. The molecule has 1 N–H and O–H groups in total. The predicted octanol–water partition coefficient (Wildman–Crippen LogP) is 3.58. The first-order chi connectivity index (χ1) is 7.23. The van der Waals surface area contributed by atoms with E-state index in [2.05, 4.69) is 41.5 Å². The molecule has 1 heterocycles. The molecular weight excluding hydrogens is 200 g/mol. The van der Waals surface area contributed by atoms with E-state index in [4.69, 9.17) is 4.74 Å². The molecule has 0 radical (unpaired) electrons. The van der Waals surface area contributed by atoms with E-state index in [1.54, 1.807) is 0 Å². The van der Waals surface area contributed by atoms with Gasteiger partial charge in [-0.2, -0.15) is 0 Å². The molecule has 1 aliphatic rings. The van der Waals surface area contributed by atoms with Crippen LogP contribution in [0.4, 0.5) is 0 Å². The maximum absolute atomic E-state index is 9.50. The van der Waals surface area contributed by atoms with Crippen molar-refractivity contribution in [1.29, 1.82) is 0 Å². The first-order valence-electron chi connectivity index (χ1n) is 6.57. The van der Waals surface area contributed by atoms with Crippen LogP contribution in [-0.2, 0) is 4.74 Å². The van der Waals surface area contributed by atoms with Crippen LogP contribution in [0.25, 0.3) is 0 Å². The summed E-state index contributed by atoms with van der Waals surface area (Å²) >= 11 is 0. The number of ether oxygens (including phenoxy) is 1. The highest BCUT2D eigenvalue weighted by atomic mass is 16.7. The fourth-order valence-corrected chi connectivity index (χ4v) is 2.25. The number of aliphatic hydroxyl groups excluding tert-OH is 1. The lowest BCUT2D eigenvalue weighted by Gasteiger charge is -2.38. The lowest BCUT2D eigenvalue weighted by molar-refractivity contribution is 0.101. The van der Waals surface area contributed by atoms with Gasteiger partial charge in [-0.1, -0.05) is 54.4 Å². The Balaban J connectivity index is 2.73. The summed E-state index contributed by atoms with van der Waals surface area (Å²) < 4.78 is 5.31. The molecule has 0 spiro atoms. The van der Waals surface area contributed by atoms with Gasteiger partial charge in [0.1, 0.15) is 6.10 Å². The Bertz CT molecular complexity index is 233. The molecule has 3 unspecified atom stereocenters. The Morgan fingerprint density at radius 1 is 1.12 bits per heavy atom. The molecule has 0 aliphatic carbocycles. The quantitative estimate of drug-likeness (QED) is 0.705. The molecule has 16 heavy (non-hydrogen) atoms. The third-order valence-electron chi connectivity index (χ3n) is 4.54. The zero-order valence-corrected chi connectivity index (χ0v) is 11.7. The number of epoxide rings is 1. The number of aliphatic hydroxyl groups is 1. The van der Waals surface area contributed by atoms with Crippen molar-refractivity contribution in [3.63, 3.8) is 0 Å². The van der Waals surface area contributed by atoms with Crippen LogP contribution in [-0.4, -0.2) is 17.5 Å². The van der Waals surface area contributed by atoms with Crippen molar-refractivity contribution in [1.82, 2.24) is 0 Å². The minimum Gasteiger partial charge on any atom is -0.366 e. The van der Waals surface area contributed by atoms with Crippen molar-refractivity contribution in [2.24, 2.45) is 16.7 Å². The van der Waals surface area contributed by atoms with Crippen LogP contribution < -0.4 is 0 Å². The van der Waals surface area contributed by atoms with E-state index in [0.717, 1.165) is 12.8 Å². The van der Waals surface area contributed by atoms with Gasteiger partial charge in [0.05, 0.1) is 0 Å². The standard InChI is InChI=1S/C14H28O2/c1-7-13(3,4)9-10(11-12(15)16-11)14(5,6)8-2/h10-12,15H,7-9H2,1-6H3. The molecule has 96 valence electrons. The topological polar surface area (TPSA) is 32.8 Å². The van der Waals surface area contributed by atoms with Crippen LogP contribution in [0.15, 0.2) is 0 Å². The van der Waals surface area contributed by atoms with E-state index in [-0.39, 0.29) is 11.5 Å². The van der Waals surface area contributed by atoms with E-state index in [0.29, 0.717) is 11.3 Å². The molecular formula is C14H28O2. The second-order valence-corrected chi connectivity index (χ2v) is 6.66. The normalized spacial score (nSPS) is 27.9. The van der Waals surface area contributed by atoms with Crippen LogP contribution in [0.2, 0.25) is 0 Å². The second kappa shape index (κ2) is 4.66. The van der Waals surface area contributed by atoms with E-state index in [1.807, 2.05) is 0 Å². The lowest BCUT2D eigenvalue weighted by atomic mass is 9.67. The smallest absolute Gasteiger partial charge is 0.182 e. The van der Waals surface area contributed by atoms with Crippen molar-refractivity contribution in [2.75, 3.05) is 0 Å². The van der Waals surface area contributed by atoms with E-state index in [9.17, 15) is 5.11 Å². The molecule has 1 rings (SSSR count). The third-order valence-corrected chi connectivity index (χ3v) is 4.54. The van der Waals surface area contributed by atoms with Crippen molar-refractivity contribution in [3.05, 3.63) is 0 Å². The van der Waals surface area contributed by atoms with Gasteiger partial charge in [0.2, 0.25) is 0 Å². The first-order valence-corrected chi connectivity index (χ1v) is 6.57. The molecule has 2 nitrogen and oxygen atoms in total. The zero-order chi connectivity index (χ0) is 12.6. The summed E-state index contributed by atoms with van der Waals surface area (Å²) in [6.45, 7) is 13.7. The van der Waals surface area contributed by atoms with Gasteiger partial charge in [-0.25, -0.2) is 0 Å². The van der Waals surface area contributed by atoms with Gasteiger partial charge in [0.15, 0.2) is 6.29 Å². The van der Waals surface area contributed by atoms with Crippen LogP contribution >= 0.6 is 0 Å². The highest BCUT2D eigenvalue weighted by Gasteiger charge is 2.50. The lowest BCUT2D eigenvalue weighted by Crippen LogP contribution is -2.33. The summed E-state index contributed by atoms with van der Waals surface area (Å²) in [5.74, 6) is 0.461. The van der Waals surface area contributed by atoms with Crippen molar-refractivity contribution in [2.45, 2.75) is 73.2 Å². The summed E-state index contributed by atoms with van der Waals surface area (Å²) in [5, 5.41) is 9.50. The molecule has 0 aromatic rings. The Hall–Kier alpha value is -0.0800. The van der Waals surface area contributed by atoms with Gasteiger partial charge in [0, 0.05) is 0 Å². The van der Waals surface area contributed by atoms with Crippen molar-refractivity contribution in [3.8, 4) is 0 Å². The molecule has 0 bridgehead atoms. The van der Waals surface area contributed by atoms with Gasteiger partial charge in [0.25, 0.3) is 0 Å². The zero-order valence-electron chi connectivity index (χ0n) is 11.7. The average Bonchev–Trinajstić information content (AvgIpc) is 2.91. The van der Waals surface area contributed by atoms with Gasteiger partial charge >= 0.3 is 0 Å². The van der Waals surface area contributed by atoms with Crippen LogP contribution in [0.1, 0.15) is 60.8 Å². The third kappa shape index (κ3) is 3.21. The molecule has 0 aromatic carbocycles. The SMILES string of the molecule is CCC(C)(C)CC(C1OC1O)C(C)(C)CC. The average molecular weight is 228 g/mol. The Labute approximate surface area is 100 Å². The molecule has 1 saturated heterocycles. The highest BCUT2D eigenvalue weighted by Crippen LogP contribution is 2.47. The van der Waals surface area contributed by atoms with Crippen LogP contribution in [0, 0.1) is 16.7 Å².